The third-order valence-corrected chi connectivity index (χ3v) is 5.92. The summed E-state index contributed by atoms with van der Waals surface area (Å²) in [5.74, 6) is 1.66. The molecule has 2 atom stereocenters. The maximum Gasteiger partial charge on any atom is 0.314 e. The van der Waals surface area contributed by atoms with E-state index in [1.165, 1.54) is 48.2 Å². The van der Waals surface area contributed by atoms with Crippen LogP contribution in [0.5, 0.6) is 0 Å². The maximum absolute atomic E-state index is 8.74. The molecule has 0 radical (unpaired) electrons. The number of allylic oxidation sites excluding steroid dienone is 1. The minimum atomic E-state index is -3.13. The molecule has 178 valence electrons. The van der Waals surface area contributed by atoms with Crippen LogP contribution in [0.3, 0.4) is 0 Å². The van der Waals surface area contributed by atoms with Crippen LogP contribution in [-0.2, 0) is 14.0 Å². The van der Waals surface area contributed by atoms with Crippen molar-refractivity contribution in [3.63, 3.8) is 0 Å². The second kappa shape index (κ2) is 16.1. The predicted molar refractivity (Wildman–Crippen MR) is 127 cm³/mol. The Kier molecular flexibility index (Phi) is 15.8. The number of hydrogen-bond acceptors (Lipinski definition) is 3. The van der Waals surface area contributed by atoms with Gasteiger partial charge in [-0.25, -0.2) is 0 Å². The molecule has 1 aliphatic carbocycles. The van der Waals surface area contributed by atoms with Gasteiger partial charge in [0.15, 0.2) is 0 Å². The number of hydrogen-bond donors (Lipinski definition) is 2. The summed E-state index contributed by atoms with van der Waals surface area (Å²) in [6, 6.07) is 0. The first kappa shape index (κ1) is 29.4. The summed E-state index contributed by atoms with van der Waals surface area (Å²) >= 11 is 0. The summed E-state index contributed by atoms with van der Waals surface area (Å²) in [4.78, 5) is 14.3. The third kappa shape index (κ3) is 8.49. The predicted octanol–water partition coefficient (Wildman–Crippen LogP) is 6.95. The summed E-state index contributed by atoms with van der Waals surface area (Å²) in [5, 5.41) is 0. The molecule has 0 saturated heterocycles. The van der Waals surface area contributed by atoms with Gasteiger partial charge in [-0.3, -0.25) is 4.57 Å². The van der Waals surface area contributed by atoms with E-state index >= 15 is 0 Å². The molecule has 2 N–H and O–H groups in total. The molecule has 0 aromatic carbocycles. The van der Waals surface area contributed by atoms with Crippen LogP contribution >= 0.6 is 8.25 Å². The van der Waals surface area contributed by atoms with Crippen LogP contribution in [0.4, 0.5) is 0 Å². The smallest absolute Gasteiger partial charge is 0.314 e. The Bertz CT molecular complexity index is 566. The van der Waals surface area contributed by atoms with E-state index in [0.717, 1.165) is 45.3 Å². The molecule has 0 aromatic heterocycles. The standard InChI is InChI=1S/C24H44O2.H3O3P/c1-8-14-17-25-23-19(11-4)21(13-6)24(7,26-18-15-9-2)22(16-10-3)20(23)12-5;1-4(2)3/h22H,8-18H2,1-7H3;4H,(H2,1,2,3). The van der Waals surface area contributed by atoms with E-state index in [2.05, 4.69) is 48.5 Å². The van der Waals surface area contributed by atoms with E-state index < -0.39 is 8.25 Å². The fourth-order valence-electron chi connectivity index (χ4n) is 4.53. The van der Waals surface area contributed by atoms with Gasteiger partial charge in [0.2, 0.25) is 0 Å². The molecule has 0 saturated carbocycles. The van der Waals surface area contributed by atoms with Crippen molar-refractivity contribution < 1.29 is 23.8 Å². The highest BCUT2D eigenvalue weighted by Crippen LogP contribution is 2.49. The topological polar surface area (TPSA) is 76.0 Å². The largest absolute Gasteiger partial charge is 0.493 e. The Morgan fingerprint density at radius 1 is 0.900 bits per heavy atom. The van der Waals surface area contributed by atoms with Gasteiger partial charge >= 0.3 is 8.25 Å². The minimum Gasteiger partial charge on any atom is -0.493 e. The fraction of sp³-hybridized carbons (Fsp3) is 0.833. The van der Waals surface area contributed by atoms with Crippen LogP contribution in [0.25, 0.3) is 0 Å². The quantitative estimate of drug-likeness (QED) is 0.236. The van der Waals surface area contributed by atoms with Gasteiger partial charge in [0.1, 0.15) is 5.76 Å². The van der Waals surface area contributed by atoms with Crippen molar-refractivity contribution in [1.29, 1.82) is 0 Å². The van der Waals surface area contributed by atoms with Crippen molar-refractivity contribution in [1.82, 2.24) is 0 Å². The van der Waals surface area contributed by atoms with Crippen molar-refractivity contribution in [2.45, 2.75) is 112 Å². The summed E-state index contributed by atoms with van der Waals surface area (Å²) in [6.07, 6.45) is 10.1. The van der Waals surface area contributed by atoms with Crippen LogP contribution in [-0.4, -0.2) is 28.6 Å². The molecule has 0 bridgehead atoms. The Morgan fingerprint density at radius 3 is 1.90 bits per heavy atom. The van der Waals surface area contributed by atoms with Crippen molar-refractivity contribution in [3.8, 4) is 0 Å². The van der Waals surface area contributed by atoms with Gasteiger partial charge in [0.05, 0.1) is 12.2 Å². The molecule has 1 rings (SSSR count). The highest BCUT2D eigenvalue weighted by Gasteiger charge is 2.45. The Morgan fingerprint density at radius 2 is 1.47 bits per heavy atom. The summed E-state index contributed by atoms with van der Waals surface area (Å²) in [5.41, 5.74) is 4.23. The lowest BCUT2D eigenvalue weighted by atomic mass is 9.67. The van der Waals surface area contributed by atoms with Crippen LogP contribution in [0.15, 0.2) is 22.5 Å². The first-order valence-electron chi connectivity index (χ1n) is 11.9. The highest BCUT2D eigenvalue weighted by atomic mass is 31.1. The Hall–Kier alpha value is -0.610. The molecule has 0 heterocycles. The minimum absolute atomic E-state index is 0.172. The molecular weight excluding hydrogens is 399 g/mol. The molecule has 5 nitrogen and oxygen atoms in total. The number of ether oxygens (including phenoxy) is 2. The highest BCUT2D eigenvalue weighted by molar-refractivity contribution is 7.30. The lowest BCUT2D eigenvalue weighted by Gasteiger charge is -2.46. The first-order chi connectivity index (χ1) is 14.3. The van der Waals surface area contributed by atoms with Crippen molar-refractivity contribution in [2.24, 2.45) is 5.92 Å². The zero-order valence-corrected chi connectivity index (χ0v) is 21.5. The van der Waals surface area contributed by atoms with Crippen molar-refractivity contribution in [2.75, 3.05) is 13.2 Å². The van der Waals surface area contributed by atoms with Crippen LogP contribution in [0, 0.1) is 5.92 Å². The SMILES string of the molecule is CCCCOC1=C(CC)C(CCC)C(C)(OCCCC)C(CC)=C1CC.O=[PH](O)O. The molecule has 0 spiro atoms. The monoisotopic (exact) mass is 446 g/mol. The van der Waals surface area contributed by atoms with Crippen LogP contribution < -0.4 is 0 Å². The van der Waals surface area contributed by atoms with Crippen molar-refractivity contribution in [3.05, 3.63) is 22.5 Å². The lowest BCUT2D eigenvalue weighted by molar-refractivity contribution is -0.0471. The lowest BCUT2D eigenvalue weighted by Crippen LogP contribution is -2.45. The molecule has 0 amide bonds. The van der Waals surface area contributed by atoms with E-state index in [0.29, 0.717) is 5.92 Å². The van der Waals surface area contributed by atoms with E-state index in [1.807, 2.05) is 0 Å². The molecule has 1 aliphatic rings. The average molecular weight is 447 g/mol. The molecular formula is C24H47O5P. The molecule has 0 aromatic rings. The molecule has 0 aliphatic heterocycles. The Balaban J connectivity index is 0.00000192. The van der Waals surface area contributed by atoms with Gasteiger partial charge in [0, 0.05) is 12.5 Å². The second-order valence-corrected chi connectivity index (χ2v) is 8.57. The van der Waals surface area contributed by atoms with E-state index in [4.69, 9.17) is 23.8 Å². The first-order valence-corrected chi connectivity index (χ1v) is 13.2. The van der Waals surface area contributed by atoms with Gasteiger partial charge in [0.25, 0.3) is 0 Å². The third-order valence-electron chi connectivity index (χ3n) is 5.92. The Labute approximate surface area is 185 Å². The van der Waals surface area contributed by atoms with E-state index in [9.17, 15) is 0 Å². The van der Waals surface area contributed by atoms with Gasteiger partial charge in [-0.2, -0.15) is 0 Å². The van der Waals surface area contributed by atoms with Gasteiger partial charge in [-0.1, -0.05) is 60.8 Å². The normalized spacial score (nSPS) is 21.7. The van der Waals surface area contributed by atoms with Gasteiger partial charge in [-0.15, -0.1) is 0 Å². The summed E-state index contributed by atoms with van der Waals surface area (Å²) in [6.45, 7) is 17.7. The van der Waals surface area contributed by atoms with E-state index in [1.54, 1.807) is 0 Å². The molecule has 6 heteroatoms. The zero-order chi connectivity index (χ0) is 23.2. The summed E-state index contributed by atoms with van der Waals surface area (Å²) in [7, 11) is -3.13. The van der Waals surface area contributed by atoms with Crippen molar-refractivity contribution >= 4 is 8.25 Å². The number of unbranched alkanes of at least 4 members (excludes halogenated alkanes) is 2. The zero-order valence-electron chi connectivity index (χ0n) is 20.5. The van der Waals surface area contributed by atoms with Gasteiger partial charge in [-0.05, 0) is 62.2 Å². The maximum atomic E-state index is 8.74. The summed E-state index contributed by atoms with van der Waals surface area (Å²) < 4.78 is 21.8. The molecule has 30 heavy (non-hydrogen) atoms. The number of rotatable bonds is 13. The van der Waals surface area contributed by atoms with Gasteiger partial charge < -0.3 is 19.3 Å². The molecule has 0 fully saturated rings. The van der Waals surface area contributed by atoms with Crippen LogP contribution in [0.2, 0.25) is 0 Å². The van der Waals surface area contributed by atoms with E-state index in [-0.39, 0.29) is 5.60 Å². The fourth-order valence-corrected chi connectivity index (χ4v) is 4.53. The molecule has 2 unspecified atom stereocenters. The van der Waals surface area contributed by atoms with Crippen LogP contribution in [0.1, 0.15) is 106 Å². The second-order valence-electron chi connectivity index (χ2n) is 8.01. The average Bonchev–Trinajstić information content (AvgIpc) is 2.70.